The maximum absolute atomic E-state index is 5.02. The van der Waals surface area contributed by atoms with E-state index in [0.717, 1.165) is 0 Å². The van der Waals surface area contributed by atoms with Crippen molar-refractivity contribution in [3.05, 3.63) is 11.7 Å². The van der Waals surface area contributed by atoms with E-state index in [-0.39, 0.29) is 11.7 Å². The Morgan fingerprint density at radius 2 is 1.71 bits per heavy atom. The van der Waals surface area contributed by atoms with Gasteiger partial charge in [-0.1, -0.05) is 0 Å². The third kappa shape index (κ3) is 1.75. The number of ether oxygens (including phenoxy) is 1. The van der Waals surface area contributed by atoms with E-state index in [1.54, 1.807) is 0 Å². The minimum Gasteiger partial charge on any atom is -0.480 e. The van der Waals surface area contributed by atoms with Gasteiger partial charge in [-0.25, -0.2) is 0 Å². The fourth-order valence-corrected chi connectivity index (χ4v) is 0.118. The molecule has 4 heteroatoms. The van der Waals surface area contributed by atoms with Crippen LogP contribution < -0.4 is 17.2 Å². The monoisotopic (exact) mass is 103 g/mol. The molecule has 0 rings (SSSR count). The topological polar surface area (TPSA) is 87.3 Å². The minimum absolute atomic E-state index is 0.0162. The molecule has 0 aromatic carbocycles. The lowest BCUT2D eigenvalue weighted by Crippen LogP contribution is -2.17. The van der Waals surface area contributed by atoms with Crippen molar-refractivity contribution >= 4 is 0 Å². The molecule has 0 heterocycles. The van der Waals surface area contributed by atoms with E-state index >= 15 is 0 Å². The molecule has 42 valence electrons. The van der Waals surface area contributed by atoms with Crippen molar-refractivity contribution in [1.29, 1.82) is 0 Å². The van der Waals surface area contributed by atoms with Gasteiger partial charge in [-0.05, 0) is 0 Å². The SMILES string of the molecule is COC(N)=C(N)N. The molecule has 0 aliphatic rings. The second kappa shape index (κ2) is 2.17. The van der Waals surface area contributed by atoms with Gasteiger partial charge in [0.25, 0.3) is 0 Å². The molecule has 0 bridgehead atoms. The minimum atomic E-state index is 0.0162. The molecule has 0 spiro atoms. The number of rotatable bonds is 1. The quantitative estimate of drug-likeness (QED) is 0.357. The van der Waals surface area contributed by atoms with Crippen molar-refractivity contribution in [1.82, 2.24) is 0 Å². The highest BCUT2D eigenvalue weighted by molar-refractivity contribution is 4.93. The summed E-state index contributed by atoms with van der Waals surface area (Å²) in [6.45, 7) is 0. The van der Waals surface area contributed by atoms with Crippen LogP contribution in [-0.4, -0.2) is 7.11 Å². The molecular formula is C3H9N3O. The lowest BCUT2D eigenvalue weighted by atomic mass is 10.7. The van der Waals surface area contributed by atoms with E-state index in [0.29, 0.717) is 0 Å². The van der Waals surface area contributed by atoms with Crippen LogP contribution in [0.4, 0.5) is 0 Å². The summed E-state index contributed by atoms with van der Waals surface area (Å²) in [5.74, 6) is 0.0856. The van der Waals surface area contributed by atoms with E-state index < -0.39 is 0 Å². The fraction of sp³-hybridized carbons (Fsp3) is 0.333. The molecule has 0 aliphatic heterocycles. The smallest absolute Gasteiger partial charge is 0.225 e. The summed E-state index contributed by atoms with van der Waals surface area (Å²) in [4.78, 5) is 0. The molecule has 0 aromatic heterocycles. The van der Waals surface area contributed by atoms with Crippen LogP contribution in [0.5, 0.6) is 0 Å². The Morgan fingerprint density at radius 1 is 1.29 bits per heavy atom. The molecule has 0 saturated carbocycles. The van der Waals surface area contributed by atoms with Crippen LogP contribution in [0.3, 0.4) is 0 Å². The highest BCUT2D eigenvalue weighted by Crippen LogP contribution is 1.79. The van der Waals surface area contributed by atoms with E-state index in [9.17, 15) is 0 Å². The summed E-state index contributed by atoms with van der Waals surface area (Å²) < 4.78 is 4.42. The van der Waals surface area contributed by atoms with Gasteiger partial charge in [0.1, 0.15) is 0 Å². The molecule has 7 heavy (non-hydrogen) atoms. The molecule has 4 nitrogen and oxygen atoms in total. The lowest BCUT2D eigenvalue weighted by Gasteiger charge is -1.97. The second-order valence-electron chi connectivity index (χ2n) is 1.02. The summed E-state index contributed by atoms with van der Waals surface area (Å²) in [7, 11) is 1.40. The Bertz CT molecular complexity index is 84.2. The Kier molecular flexibility index (Phi) is 1.84. The van der Waals surface area contributed by atoms with Crippen molar-refractivity contribution in [2.75, 3.05) is 7.11 Å². The first-order chi connectivity index (χ1) is 3.18. The van der Waals surface area contributed by atoms with Crippen molar-refractivity contribution in [3.8, 4) is 0 Å². The Balaban J connectivity index is 3.72. The van der Waals surface area contributed by atoms with E-state index in [1.165, 1.54) is 7.11 Å². The molecule has 0 atom stereocenters. The van der Waals surface area contributed by atoms with Crippen molar-refractivity contribution in [2.24, 2.45) is 17.2 Å². The predicted octanol–water partition coefficient (Wildman–Crippen LogP) is -1.36. The van der Waals surface area contributed by atoms with Crippen LogP contribution in [0, 0.1) is 0 Å². The standard InChI is InChI=1S/C3H9N3O/c1-7-3(6)2(4)5/h4-6H2,1H3. The Morgan fingerprint density at radius 3 is 1.71 bits per heavy atom. The number of methoxy groups -OCH3 is 1. The number of nitrogens with two attached hydrogens (primary N) is 3. The second-order valence-corrected chi connectivity index (χ2v) is 1.02. The van der Waals surface area contributed by atoms with E-state index in [2.05, 4.69) is 4.74 Å². The highest BCUT2D eigenvalue weighted by atomic mass is 16.5. The van der Waals surface area contributed by atoms with Crippen molar-refractivity contribution < 1.29 is 4.74 Å². The maximum atomic E-state index is 5.02. The highest BCUT2D eigenvalue weighted by Gasteiger charge is 1.86. The first-order valence-corrected chi connectivity index (χ1v) is 1.73. The van der Waals surface area contributed by atoms with Gasteiger partial charge >= 0.3 is 0 Å². The van der Waals surface area contributed by atoms with Crippen LogP contribution in [0.15, 0.2) is 11.7 Å². The molecule has 6 N–H and O–H groups in total. The fourth-order valence-electron chi connectivity index (χ4n) is 0.118. The molecule has 0 unspecified atom stereocenters. The third-order valence-corrected chi connectivity index (χ3v) is 0.504. The van der Waals surface area contributed by atoms with Crippen molar-refractivity contribution in [2.45, 2.75) is 0 Å². The number of hydrogen-bond acceptors (Lipinski definition) is 4. The summed E-state index contributed by atoms with van der Waals surface area (Å²) in [5.41, 5.74) is 14.9. The Labute approximate surface area is 41.9 Å². The zero-order valence-electron chi connectivity index (χ0n) is 4.14. The van der Waals surface area contributed by atoms with Gasteiger partial charge in [-0.3, -0.25) is 0 Å². The van der Waals surface area contributed by atoms with Gasteiger partial charge in [-0.15, -0.1) is 0 Å². The van der Waals surface area contributed by atoms with Crippen LogP contribution in [-0.2, 0) is 4.74 Å². The zero-order chi connectivity index (χ0) is 5.86. The van der Waals surface area contributed by atoms with Crippen LogP contribution in [0.1, 0.15) is 0 Å². The summed E-state index contributed by atoms with van der Waals surface area (Å²) >= 11 is 0. The first-order valence-electron chi connectivity index (χ1n) is 1.73. The average Bonchev–Trinajstić information content (AvgIpc) is 1.65. The average molecular weight is 103 g/mol. The van der Waals surface area contributed by atoms with Gasteiger partial charge in [0.2, 0.25) is 5.88 Å². The van der Waals surface area contributed by atoms with E-state index in [4.69, 9.17) is 17.2 Å². The number of hydrogen-bond donors (Lipinski definition) is 3. The predicted molar refractivity (Wildman–Crippen MR) is 26.6 cm³/mol. The largest absolute Gasteiger partial charge is 0.480 e. The summed E-state index contributed by atoms with van der Waals surface area (Å²) in [5, 5.41) is 0. The van der Waals surface area contributed by atoms with Gasteiger partial charge < -0.3 is 21.9 Å². The molecule has 0 amide bonds. The van der Waals surface area contributed by atoms with Crippen LogP contribution in [0.2, 0.25) is 0 Å². The van der Waals surface area contributed by atoms with E-state index in [1.807, 2.05) is 0 Å². The molecule has 0 aromatic rings. The molecule has 0 saturated heterocycles. The van der Waals surface area contributed by atoms with Gasteiger partial charge in [0.05, 0.1) is 7.11 Å². The van der Waals surface area contributed by atoms with Crippen molar-refractivity contribution in [3.63, 3.8) is 0 Å². The van der Waals surface area contributed by atoms with Gasteiger partial charge in [0, 0.05) is 0 Å². The molecular weight excluding hydrogens is 94.1 g/mol. The Hall–Kier alpha value is -1.06. The lowest BCUT2D eigenvalue weighted by molar-refractivity contribution is 0.281. The first kappa shape index (κ1) is 5.94. The molecule has 0 aliphatic carbocycles. The zero-order valence-corrected chi connectivity index (χ0v) is 4.14. The summed E-state index contributed by atoms with van der Waals surface area (Å²) in [6, 6.07) is 0. The summed E-state index contributed by atoms with van der Waals surface area (Å²) in [6.07, 6.45) is 0. The normalized spacial score (nSPS) is 7.57. The maximum Gasteiger partial charge on any atom is 0.225 e. The van der Waals surface area contributed by atoms with Crippen LogP contribution in [0.25, 0.3) is 0 Å². The third-order valence-electron chi connectivity index (χ3n) is 0.504. The van der Waals surface area contributed by atoms with Gasteiger partial charge in [-0.2, -0.15) is 0 Å². The molecule has 0 fully saturated rings. The molecule has 0 radical (unpaired) electrons. The van der Waals surface area contributed by atoms with Crippen LogP contribution >= 0.6 is 0 Å². The van der Waals surface area contributed by atoms with Gasteiger partial charge in [0.15, 0.2) is 5.82 Å².